The van der Waals surface area contributed by atoms with Crippen LogP contribution in [-0.4, -0.2) is 26.2 Å². The van der Waals surface area contributed by atoms with Crippen molar-refractivity contribution >= 4 is 6.03 Å². The average molecular weight is 143 g/mol. The maximum absolute atomic E-state index is 10.5. The fourth-order valence-corrected chi connectivity index (χ4v) is 0.420. The van der Waals surface area contributed by atoms with E-state index in [1.165, 1.54) is 0 Å². The molecule has 0 saturated heterocycles. The highest BCUT2D eigenvalue weighted by molar-refractivity contribution is 5.73. The number of urea groups is 1. The Bertz CT molecular complexity index is 122. The quantitative estimate of drug-likeness (QED) is 0.463. The Balaban J connectivity index is 3.19. The Kier molecular flexibility index (Phi) is 5.47. The van der Waals surface area contributed by atoms with Crippen molar-refractivity contribution in [3.8, 4) is 0 Å². The van der Waals surface area contributed by atoms with Crippen molar-refractivity contribution in [1.29, 1.82) is 0 Å². The number of nitrogens with one attached hydrogen (secondary N) is 2. The summed E-state index contributed by atoms with van der Waals surface area (Å²) in [5.41, 5.74) is 5.16. The molecule has 0 aromatic heterocycles. The lowest BCUT2D eigenvalue weighted by molar-refractivity contribution is 0.244. The van der Waals surface area contributed by atoms with E-state index in [0.717, 1.165) is 0 Å². The second-order valence-corrected chi connectivity index (χ2v) is 1.67. The van der Waals surface area contributed by atoms with Gasteiger partial charge in [0.2, 0.25) is 0 Å². The lowest BCUT2D eigenvalue weighted by atomic mass is 10.5. The maximum Gasteiger partial charge on any atom is 0.314 e. The van der Waals surface area contributed by atoms with Crippen LogP contribution in [0.5, 0.6) is 0 Å². The Labute approximate surface area is 60.5 Å². The van der Waals surface area contributed by atoms with E-state index in [1.54, 1.807) is 19.2 Å². The standard InChI is InChI=1S/C6H13N3O/c1-8-6(10)9-5-3-2-4-7/h2-3H,4-5,7H2,1H3,(H2,8,9,10)/b3-2+. The predicted octanol–water partition coefficient (Wildman–Crippen LogP) is -0.570. The van der Waals surface area contributed by atoms with Gasteiger partial charge < -0.3 is 16.4 Å². The van der Waals surface area contributed by atoms with Crippen molar-refractivity contribution in [2.45, 2.75) is 0 Å². The van der Waals surface area contributed by atoms with Gasteiger partial charge in [-0.05, 0) is 0 Å². The summed E-state index contributed by atoms with van der Waals surface area (Å²) in [5.74, 6) is 0. The van der Waals surface area contributed by atoms with Gasteiger partial charge >= 0.3 is 6.03 Å². The molecule has 0 bridgehead atoms. The van der Waals surface area contributed by atoms with E-state index in [9.17, 15) is 4.79 Å². The lowest BCUT2D eigenvalue weighted by Crippen LogP contribution is -2.32. The van der Waals surface area contributed by atoms with Crippen molar-refractivity contribution in [3.63, 3.8) is 0 Å². The monoisotopic (exact) mass is 143 g/mol. The molecular weight excluding hydrogens is 130 g/mol. The Morgan fingerprint density at radius 3 is 2.80 bits per heavy atom. The Morgan fingerprint density at radius 1 is 1.60 bits per heavy atom. The molecule has 0 unspecified atom stereocenters. The van der Waals surface area contributed by atoms with Gasteiger partial charge in [-0.25, -0.2) is 4.79 Å². The molecular formula is C6H13N3O. The zero-order valence-electron chi connectivity index (χ0n) is 6.05. The third-order valence-corrected chi connectivity index (χ3v) is 0.910. The average Bonchev–Trinajstić information content (AvgIpc) is 1.98. The first-order valence-corrected chi connectivity index (χ1v) is 3.12. The predicted molar refractivity (Wildman–Crippen MR) is 40.7 cm³/mol. The van der Waals surface area contributed by atoms with E-state index in [-0.39, 0.29) is 6.03 Å². The van der Waals surface area contributed by atoms with E-state index in [1.807, 2.05) is 0 Å². The fourth-order valence-electron chi connectivity index (χ4n) is 0.420. The molecule has 58 valence electrons. The van der Waals surface area contributed by atoms with E-state index in [4.69, 9.17) is 5.73 Å². The first kappa shape index (κ1) is 8.97. The van der Waals surface area contributed by atoms with Gasteiger partial charge in [0.15, 0.2) is 0 Å². The fraction of sp³-hybridized carbons (Fsp3) is 0.500. The molecule has 0 aliphatic carbocycles. The first-order valence-electron chi connectivity index (χ1n) is 3.12. The van der Waals surface area contributed by atoms with Gasteiger partial charge in [-0.15, -0.1) is 0 Å². The number of amides is 2. The smallest absolute Gasteiger partial charge is 0.314 e. The Hall–Kier alpha value is -1.03. The van der Waals surface area contributed by atoms with Crippen molar-refractivity contribution < 1.29 is 4.79 Å². The van der Waals surface area contributed by atoms with Crippen LogP contribution in [-0.2, 0) is 0 Å². The van der Waals surface area contributed by atoms with Gasteiger partial charge in [-0.3, -0.25) is 0 Å². The number of carbonyl (C=O) groups is 1. The molecule has 0 aromatic carbocycles. The van der Waals surface area contributed by atoms with Crippen LogP contribution in [0.3, 0.4) is 0 Å². The van der Waals surface area contributed by atoms with E-state index in [2.05, 4.69) is 10.6 Å². The molecule has 0 aliphatic rings. The summed E-state index contributed by atoms with van der Waals surface area (Å²) in [4.78, 5) is 10.5. The third kappa shape index (κ3) is 5.11. The summed E-state index contributed by atoms with van der Waals surface area (Å²) in [6, 6.07) is -0.179. The highest BCUT2D eigenvalue weighted by Crippen LogP contribution is 1.66. The lowest BCUT2D eigenvalue weighted by Gasteiger charge is -1.98. The van der Waals surface area contributed by atoms with Crippen LogP contribution in [0.4, 0.5) is 4.79 Å². The number of hydrogen-bond acceptors (Lipinski definition) is 2. The number of nitrogens with two attached hydrogens (primary N) is 1. The summed E-state index contributed by atoms with van der Waals surface area (Å²) < 4.78 is 0. The van der Waals surface area contributed by atoms with Gasteiger partial charge in [0.1, 0.15) is 0 Å². The van der Waals surface area contributed by atoms with Crippen molar-refractivity contribution in [3.05, 3.63) is 12.2 Å². The van der Waals surface area contributed by atoms with Crippen LogP contribution in [0.2, 0.25) is 0 Å². The number of hydrogen-bond donors (Lipinski definition) is 3. The molecule has 0 radical (unpaired) electrons. The summed E-state index contributed by atoms with van der Waals surface area (Å²) in [5, 5.41) is 5.00. The van der Waals surface area contributed by atoms with E-state index in [0.29, 0.717) is 13.1 Å². The molecule has 0 heterocycles. The van der Waals surface area contributed by atoms with Crippen molar-refractivity contribution in [2.24, 2.45) is 5.73 Å². The second-order valence-electron chi connectivity index (χ2n) is 1.67. The maximum atomic E-state index is 10.5. The molecule has 0 spiro atoms. The van der Waals surface area contributed by atoms with Gasteiger partial charge in [-0.2, -0.15) is 0 Å². The summed E-state index contributed by atoms with van der Waals surface area (Å²) in [6.07, 6.45) is 3.59. The van der Waals surface area contributed by atoms with Crippen LogP contribution in [0.25, 0.3) is 0 Å². The molecule has 0 fully saturated rings. The third-order valence-electron chi connectivity index (χ3n) is 0.910. The summed E-state index contributed by atoms with van der Waals surface area (Å²) >= 11 is 0. The number of rotatable bonds is 3. The molecule has 4 heteroatoms. The van der Waals surface area contributed by atoms with Crippen LogP contribution in [0, 0.1) is 0 Å². The van der Waals surface area contributed by atoms with E-state index >= 15 is 0 Å². The minimum absolute atomic E-state index is 0.179. The van der Waals surface area contributed by atoms with Crippen LogP contribution in [0.1, 0.15) is 0 Å². The first-order chi connectivity index (χ1) is 4.81. The molecule has 4 N–H and O–H groups in total. The van der Waals surface area contributed by atoms with Crippen LogP contribution in [0.15, 0.2) is 12.2 Å². The summed E-state index contributed by atoms with van der Waals surface area (Å²) in [6.45, 7) is 1.03. The topological polar surface area (TPSA) is 67.2 Å². The van der Waals surface area contributed by atoms with E-state index < -0.39 is 0 Å². The van der Waals surface area contributed by atoms with Gasteiger partial charge in [0, 0.05) is 20.1 Å². The molecule has 0 aliphatic heterocycles. The number of carbonyl (C=O) groups excluding carboxylic acids is 1. The molecule has 0 atom stereocenters. The SMILES string of the molecule is CNC(=O)NC/C=C/CN. The molecule has 2 amide bonds. The largest absolute Gasteiger partial charge is 0.341 e. The highest BCUT2D eigenvalue weighted by atomic mass is 16.2. The minimum Gasteiger partial charge on any atom is -0.341 e. The second kappa shape index (κ2) is 6.10. The van der Waals surface area contributed by atoms with Crippen LogP contribution < -0.4 is 16.4 Å². The highest BCUT2D eigenvalue weighted by Gasteiger charge is 1.88. The zero-order chi connectivity index (χ0) is 7.82. The van der Waals surface area contributed by atoms with Crippen LogP contribution >= 0.6 is 0 Å². The van der Waals surface area contributed by atoms with Gasteiger partial charge in [0.05, 0.1) is 0 Å². The molecule has 0 aromatic rings. The Morgan fingerprint density at radius 2 is 2.30 bits per heavy atom. The normalized spacial score (nSPS) is 9.80. The van der Waals surface area contributed by atoms with Gasteiger partial charge in [-0.1, -0.05) is 12.2 Å². The molecule has 0 rings (SSSR count). The van der Waals surface area contributed by atoms with Crippen molar-refractivity contribution in [1.82, 2.24) is 10.6 Å². The minimum atomic E-state index is -0.179. The van der Waals surface area contributed by atoms with Gasteiger partial charge in [0.25, 0.3) is 0 Å². The molecule has 0 saturated carbocycles. The molecule has 4 nitrogen and oxygen atoms in total. The summed E-state index contributed by atoms with van der Waals surface area (Å²) in [7, 11) is 1.57. The van der Waals surface area contributed by atoms with Crippen molar-refractivity contribution in [2.75, 3.05) is 20.1 Å². The zero-order valence-corrected chi connectivity index (χ0v) is 6.05. The molecule has 10 heavy (non-hydrogen) atoms.